The maximum Gasteiger partial charge on any atom is 0.139 e. The van der Waals surface area contributed by atoms with Gasteiger partial charge in [-0.15, -0.1) is 0 Å². The molecule has 0 radical (unpaired) electrons. The van der Waals surface area contributed by atoms with E-state index in [0.717, 1.165) is 37.4 Å². The van der Waals surface area contributed by atoms with E-state index in [0.29, 0.717) is 18.8 Å². The van der Waals surface area contributed by atoms with Crippen LogP contribution in [0.25, 0.3) is 0 Å². The molecule has 1 aliphatic heterocycles. The highest BCUT2D eigenvalue weighted by Gasteiger charge is 2.39. The van der Waals surface area contributed by atoms with E-state index in [-0.39, 0.29) is 24.9 Å². The first kappa shape index (κ1) is 23.2. The van der Waals surface area contributed by atoms with E-state index in [1.54, 1.807) is 0 Å². The van der Waals surface area contributed by atoms with Crippen molar-refractivity contribution in [1.29, 1.82) is 0 Å². The van der Waals surface area contributed by atoms with Crippen molar-refractivity contribution in [1.82, 2.24) is 0 Å². The number of anilines is 1. The highest BCUT2D eigenvalue weighted by molar-refractivity contribution is 5.85. The molecule has 0 spiro atoms. The van der Waals surface area contributed by atoms with Crippen molar-refractivity contribution < 1.29 is 14.3 Å². The van der Waals surface area contributed by atoms with Gasteiger partial charge in [0.05, 0.1) is 19.7 Å². The second-order valence-electron chi connectivity index (χ2n) is 9.08. The van der Waals surface area contributed by atoms with Crippen LogP contribution in [0.5, 0.6) is 11.5 Å². The number of carbonyl (C=O) groups excluding carboxylic acids is 1. The van der Waals surface area contributed by atoms with Crippen molar-refractivity contribution in [2.24, 2.45) is 5.41 Å². The zero-order chi connectivity index (χ0) is 21.1. The first-order valence-electron chi connectivity index (χ1n) is 11.2. The van der Waals surface area contributed by atoms with Crippen molar-refractivity contribution in [3.8, 4) is 11.5 Å². The lowest BCUT2D eigenvalue weighted by molar-refractivity contribution is -0.132. The molecule has 2 aromatic rings. The van der Waals surface area contributed by atoms with Gasteiger partial charge in [0.2, 0.25) is 0 Å². The predicted octanol–water partition coefficient (Wildman–Crippen LogP) is 6.24. The molecular formula is C27H37NO3. The lowest BCUT2D eigenvalue weighted by Crippen LogP contribution is -2.54. The normalized spacial score (nSPS) is 18.2. The molecular weight excluding hydrogens is 386 g/mol. The summed E-state index contributed by atoms with van der Waals surface area (Å²) in [6.07, 6.45) is 4.18. The number of ketones is 1. The second-order valence-corrected chi connectivity index (χ2v) is 9.08. The largest absolute Gasteiger partial charge is 0.494 e. The standard InChI is InChI=1S/C26H33NO3.CH4/c1-4-29-22-10-12-23(13-11-22)30-24-17-27(18-24)21-8-6-20(7-9-21)19(2)16-25(28)26(3)14-5-15-26;/h6-13,19,24H,4-5,14-18H2,1-3H3;1H4/t19-;/m1./s1. The van der Waals surface area contributed by atoms with Gasteiger partial charge in [-0.1, -0.05) is 39.8 Å². The fourth-order valence-corrected chi connectivity index (χ4v) is 4.34. The van der Waals surface area contributed by atoms with E-state index in [9.17, 15) is 4.79 Å². The molecule has 2 fully saturated rings. The van der Waals surface area contributed by atoms with E-state index >= 15 is 0 Å². The van der Waals surface area contributed by atoms with Crippen LogP contribution in [-0.4, -0.2) is 31.6 Å². The smallest absolute Gasteiger partial charge is 0.139 e. The van der Waals surface area contributed by atoms with Crippen LogP contribution in [0.15, 0.2) is 48.5 Å². The zero-order valence-electron chi connectivity index (χ0n) is 18.4. The van der Waals surface area contributed by atoms with Crippen molar-refractivity contribution in [3.63, 3.8) is 0 Å². The first-order chi connectivity index (χ1) is 14.5. The number of hydrogen-bond donors (Lipinski definition) is 0. The van der Waals surface area contributed by atoms with Crippen LogP contribution in [0.1, 0.15) is 65.4 Å². The van der Waals surface area contributed by atoms with Crippen LogP contribution < -0.4 is 14.4 Å². The Morgan fingerprint density at radius 3 is 2.23 bits per heavy atom. The van der Waals surface area contributed by atoms with Gasteiger partial charge in [-0.2, -0.15) is 0 Å². The Bertz CT molecular complexity index is 849. The third-order valence-corrected chi connectivity index (χ3v) is 6.73. The number of Topliss-reactive ketones (excluding diaryl/α,β-unsaturated/α-hetero) is 1. The molecule has 2 aliphatic rings. The molecule has 31 heavy (non-hydrogen) atoms. The number of nitrogens with zero attached hydrogens (tertiary/aromatic N) is 1. The van der Waals surface area contributed by atoms with Gasteiger partial charge in [0.25, 0.3) is 0 Å². The zero-order valence-corrected chi connectivity index (χ0v) is 18.4. The minimum Gasteiger partial charge on any atom is -0.494 e. The van der Waals surface area contributed by atoms with Crippen molar-refractivity contribution in [2.75, 3.05) is 24.6 Å². The van der Waals surface area contributed by atoms with E-state index in [2.05, 4.69) is 43.0 Å². The average Bonchev–Trinajstić information content (AvgIpc) is 2.70. The van der Waals surface area contributed by atoms with Crippen LogP contribution >= 0.6 is 0 Å². The van der Waals surface area contributed by atoms with Crippen molar-refractivity contribution in [2.45, 2.75) is 65.9 Å². The predicted molar refractivity (Wildman–Crippen MR) is 127 cm³/mol. The summed E-state index contributed by atoms with van der Waals surface area (Å²) in [6, 6.07) is 16.5. The third-order valence-electron chi connectivity index (χ3n) is 6.73. The molecule has 1 atom stereocenters. The molecule has 4 heteroatoms. The summed E-state index contributed by atoms with van der Waals surface area (Å²) in [4.78, 5) is 14.9. The van der Waals surface area contributed by atoms with Gasteiger partial charge in [0.15, 0.2) is 0 Å². The van der Waals surface area contributed by atoms with Gasteiger partial charge in [0.1, 0.15) is 23.4 Å². The molecule has 0 aromatic heterocycles. The van der Waals surface area contributed by atoms with E-state index in [1.807, 2.05) is 31.2 Å². The monoisotopic (exact) mass is 423 g/mol. The number of benzene rings is 2. The highest BCUT2D eigenvalue weighted by Crippen LogP contribution is 2.43. The number of ether oxygens (including phenoxy) is 2. The molecule has 0 unspecified atom stereocenters. The molecule has 1 aliphatic carbocycles. The molecule has 0 bridgehead atoms. The number of rotatable bonds is 9. The lowest BCUT2D eigenvalue weighted by atomic mass is 9.66. The number of hydrogen-bond acceptors (Lipinski definition) is 4. The molecule has 0 amide bonds. The van der Waals surface area contributed by atoms with E-state index in [1.165, 1.54) is 17.7 Å². The molecule has 2 aromatic carbocycles. The van der Waals surface area contributed by atoms with Crippen LogP contribution in [0, 0.1) is 5.41 Å². The van der Waals surface area contributed by atoms with Gasteiger partial charge in [0, 0.05) is 17.5 Å². The van der Waals surface area contributed by atoms with E-state index in [4.69, 9.17) is 9.47 Å². The summed E-state index contributed by atoms with van der Waals surface area (Å²) in [6.45, 7) is 8.72. The first-order valence-corrected chi connectivity index (χ1v) is 11.2. The SMILES string of the molecule is C.CCOc1ccc(OC2CN(c3ccc([C@H](C)CC(=O)C4(C)CCC4)cc3)C2)cc1. The Morgan fingerprint density at radius 1 is 1.06 bits per heavy atom. The Hall–Kier alpha value is -2.49. The molecule has 168 valence electrons. The minimum absolute atomic E-state index is 0. The molecule has 4 nitrogen and oxygen atoms in total. The molecule has 1 saturated carbocycles. The van der Waals surface area contributed by atoms with Gasteiger partial charge in [-0.05, 0) is 67.6 Å². The minimum atomic E-state index is -0.0514. The fraction of sp³-hybridized carbons (Fsp3) is 0.519. The van der Waals surface area contributed by atoms with Gasteiger partial charge in [-0.25, -0.2) is 0 Å². The van der Waals surface area contributed by atoms with Gasteiger partial charge < -0.3 is 14.4 Å². The van der Waals surface area contributed by atoms with Crippen LogP contribution in [0.4, 0.5) is 5.69 Å². The topological polar surface area (TPSA) is 38.8 Å². The Kier molecular flexibility index (Phi) is 7.30. The summed E-state index contributed by atoms with van der Waals surface area (Å²) in [5, 5.41) is 0. The van der Waals surface area contributed by atoms with Gasteiger partial charge in [-0.3, -0.25) is 4.79 Å². The summed E-state index contributed by atoms with van der Waals surface area (Å²) in [5.41, 5.74) is 2.41. The fourth-order valence-electron chi connectivity index (χ4n) is 4.34. The second kappa shape index (κ2) is 9.76. The van der Waals surface area contributed by atoms with Crippen LogP contribution in [-0.2, 0) is 4.79 Å². The Morgan fingerprint density at radius 2 is 1.68 bits per heavy atom. The van der Waals surface area contributed by atoms with Crippen molar-refractivity contribution in [3.05, 3.63) is 54.1 Å². The molecule has 1 heterocycles. The summed E-state index contributed by atoms with van der Waals surface area (Å²) in [7, 11) is 0. The number of carbonyl (C=O) groups is 1. The molecule has 4 rings (SSSR count). The summed E-state index contributed by atoms with van der Waals surface area (Å²) >= 11 is 0. The lowest BCUT2D eigenvalue weighted by Gasteiger charge is -2.40. The maximum atomic E-state index is 12.6. The molecule has 0 N–H and O–H groups in total. The van der Waals surface area contributed by atoms with Crippen molar-refractivity contribution >= 4 is 11.5 Å². The Labute approximate surface area is 187 Å². The molecule has 1 saturated heterocycles. The maximum absolute atomic E-state index is 12.6. The van der Waals surface area contributed by atoms with Crippen LogP contribution in [0.2, 0.25) is 0 Å². The summed E-state index contributed by atoms with van der Waals surface area (Å²) < 4.78 is 11.5. The summed E-state index contributed by atoms with van der Waals surface area (Å²) in [5.74, 6) is 2.47. The Balaban J connectivity index is 0.00000272. The van der Waals surface area contributed by atoms with E-state index < -0.39 is 0 Å². The van der Waals surface area contributed by atoms with Crippen LogP contribution in [0.3, 0.4) is 0 Å². The van der Waals surface area contributed by atoms with Gasteiger partial charge >= 0.3 is 0 Å². The highest BCUT2D eigenvalue weighted by atomic mass is 16.5. The third kappa shape index (κ3) is 5.23. The average molecular weight is 424 g/mol. The quantitative estimate of drug-likeness (QED) is 0.478.